The minimum Gasteiger partial charge on any atom is -0.462 e. The predicted octanol–water partition coefficient (Wildman–Crippen LogP) is 6.87. The van der Waals surface area contributed by atoms with Crippen molar-refractivity contribution in [3.05, 3.63) is 0 Å². The van der Waals surface area contributed by atoms with E-state index in [1.165, 1.54) is 44.9 Å². The maximum atomic E-state index is 12.4. The largest absolute Gasteiger partial charge is 0.472 e. The molecule has 0 rings (SSSR count). The summed E-state index contributed by atoms with van der Waals surface area (Å²) in [4.78, 5) is 34.5. The van der Waals surface area contributed by atoms with Gasteiger partial charge >= 0.3 is 19.8 Å². The summed E-state index contributed by atoms with van der Waals surface area (Å²) in [6.45, 7) is 6.83. The number of hydrogen-bond donors (Lipinski definition) is 3. The number of ether oxygens (including phenoxy) is 2. The lowest BCUT2D eigenvalue weighted by Gasteiger charge is -2.20. The number of carbonyl (C=O) groups excluding carboxylic acids is 2. The number of esters is 2. The lowest BCUT2D eigenvalue weighted by atomic mass is 10.00. The molecule has 0 spiro atoms. The topological polar surface area (TPSA) is 149 Å². The standard InChI is InChI=1S/C31H61O10P/c1-5-27(4)19-15-11-7-9-13-17-21-31(35)41-29(25-40-42(36,37)39-23-28(33)22-32)24-38-30(34)20-16-12-8-6-10-14-18-26(2)3/h26-29,32-33H,5-25H2,1-4H3,(H,36,37)/t27?,28-,29+/m0/s1. The van der Waals surface area contributed by atoms with E-state index in [0.29, 0.717) is 12.8 Å². The average molecular weight is 625 g/mol. The van der Waals surface area contributed by atoms with Gasteiger partial charge in [-0.15, -0.1) is 0 Å². The zero-order valence-corrected chi connectivity index (χ0v) is 27.7. The second-order valence-electron chi connectivity index (χ2n) is 11.9. The Morgan fingerprint density at radius 1 is 0.714 bits per heavy atom. The van der Waals surface area contributed by atoms with Crippen molar-refractivity contribution in [2.75, 3.05) is 26.4 Å². The third-order valence-corrected chi connectivity index (χ3v) is 8.18. The fourth-order valence-corrected chi connectivity index (χ4v) is 5.06. The van der Waals surface area contributed by atoms with E-state index in [4.69, 9.17) is 19.1 Å². The number of carbonyl (C=O) groups is 2. The summed E-state index contributed by atoms with van der Waals surface area (Å²) < 4.78 is 32.4. The van der Waals surface area contributed by atoms with Crippen molar-refractivity contribution in [3.8, 4) is 0 Å². The van der Waals surface area contributed by atoms with Gasteiger partial charge in [0, 0.05) is 12.8 Å². The number of aliphatic hydroxyl groups excluding tert-OH is 2. The van der Waals surface area contributed by atoms with E-state index >= 15 is 0 Å². The molecule has 0 bridgehead atoms. The summed E-state index contributed by atoms with van der Waals surface area (Å²) in [5, 5.41) is 18.2. The predicted molar refractivity (Wildman–Crippen MR) is 164 cm³/mol. The van der Waals surface area contributed by atoms with Gasteiger partial charge in [0.1, 0.15) is 12.7 Å². The first-order valence-electron chi connectivity index (χ1n) is 16.2. The van der Waals surface area contributed by atoms with Crippen LogP contribution in [-0.4, -0.2) is 65.7 Å². The molecule has 11 heteroatoms. The van der Waals surface area contributed by atoms with E-state index < -0.39 is 51.8 Å². The Hall–Kier alpha value is -1.03. The van der Waals surface area contributed by atoms with Crippen LogP contribution in [0, 0.1) is 11.8 Å². The number of rotatable bonds is 29. The van der Waals surface area contributed by atoms with Crippen LogP contribution in [0.1, 0.15) is 137 Å². The van der Waals surface area contributed by atoms with Crippen molar-refractivity contribution < 1.29 is 47.8 Å². The third-order valence-electron chi connectivity index (χ3n) is 7.23. The van der Waals surface area contributed by atoms with Crippen LogP contribution in [-0.2, 0) is 32.7 Å². The molecular formula is C31H61O10P. The quantitative estimate of drug-likeness (QED) is 0.0457. The fraction of sp³-hybridized carbons (Fsp3) is 0.935. The molecule has 0 fully saturated rings. The van der Waals surface area contributed by atoms with Crippen molar-refractivity contribution in [2.24, 2.45) is 11.8 Å². The van der Waals surface area contributed by atoms with Crippen LogP contribution in [0.2, 0.25) is 0 Å². The molecule has 42 heavy (non-hydrogen) atoms. The minimum atomic E-state index is -4.59. The Kier molecular flexibility index (Phi) is 25.7. The first kappa shape index (κ1) is 41.0. The number of phosphoric acid groups is 1. The number of aliphatic hydroxyl groups is 2. The highest BCUT2D eigenvalue weighted by Crippen LogP contribution is 2.43. The molecule has 4 atom stereocenters. The van der Waals surface area contributed by atoms with Gasteiger partial charge in [-0.1, -0.05) is 111 Å². The smallest absolute Gasteiger partial charge is 0.462 e. The molecule has 0 amide bonds. The summed E-state index contributed by atoms with van der Waals surface area (Å²) in [5.41, 5.74) is 0. The molecule has 0 radical (unpaired) electrons. The number of phosphoric ester groups is 1. The van der Waals surface area contributed by atoms with Crippen LogP contribution in [0.5, 0.6) is 0 Å². The molecule has 0 aromatic carbocycles. The molecule has 2 unspecified atom stereocenters. The molecule has 0 heterocycles. The number of unbranched alkanes of at least 4 members (excludes halogenated alkanes) is 10. The van der Waals surface area contributed by atoms with Gasteiger partial charge in [-0.3, -0.25) is 18.6 Å². The van der Waals surface area contributed by atoms with Crippen LogP contribution in [0.3, 0.4) is 0 Å². The summed E-state index contributed by atoms with van der Waals surface area (Å²) >= 11 is 0. The summed E-state index contributed by atoms with van der Waals surface area (Å²) in [6.07, 6.45) is 14.1. The van der Waals surface area contributed by atoms with Crippen molar-refractivity contribution in [1.82, 2.24) is 0 Å². The first-order chi connectivity index (χ1) is 20.0. The van der Waals surface area contributed by atoms with Crippen LogP contribution < -0.4 is 0 Å². The van der Waals surface area contributed by atoms with Gasteiger partial charge in [-0.25, -0.2) is 4.57 Å². The maximum absolute atomic E-state index is 12.4. The van der Waals surface area contributed by atoms with Gasteiger partial charge in [0.2, 0.25) is 0 Å². The van der Waals surface area contributed by atoms with E-state index in [1.54, 1.807) is 0 Å². The van der Waals surface area contributed by atoms with E-state index in [0.717, 1.165) is 50.4 Å². The molecule has 250 valence electrons. The highest BCUT2D eigenvalue weighted by atomic mass is 31.2. The maximum Gasteiger partial charge on any atom is 0.472 e. The van der Waals surface area contributed by atoms with Crippen molar-refractivity contribution in [1.29, 1.82) is 0 Å². The molecule has 0 aliphatic heterocycles. The molecule has 0 aromatic heterocycles. The molecule has 0 saturated heterocycles. The minimum absolute atomic E-state index is 0.185. The van der Waals surface area contributed by atoms with Gasteiger partial charge in [-0.2, -0.15) is 0 Å². The highest BCUT2D eigenvalue weighted by Gasteiger charge is 2.27. The fourth-order valence-electron chi connectivity index (χ4n) is 4.27. The second-order valence-corrected chi connectivity index (χ2v) is 13.4. The first-order valence-corrected chi connectivity index (χ1v) is 17.7. The van der Waals surface area contributed by atoms with Gasteiger partial charge in [0.15, 0.2) is 6.10 Å². The molecule has 0 aliphatic carbocycles. The highest BCUT2D eigenvalue weighted by molar-refractivity contribution is 7.47. The monoisotopic (exact) mass is 624 g/mol. The Bertz CT molecular complexity index is 718. The van der Waals surface area contributed by atoms with Crippen molar-refractivity contribution >= 4 is 19.8 Å². The van der Waals surface area contributed by atoms with Crippen LogP contribution >= 0.6 is 7.82 Å². The molecule has 10 nitrogen and oxygen atoms in total. The summed E-state index contributed by atoms with van der Waals surface area (Å²) in [6, 6.07) is 0. The van der Waals surface area contributed by atoms with E-state index in [-0.39, 0.29) is 19.4 Å². The van der Waals surface area contributed by atoms with Gasteiger partial charge in [0.05, 0.1) is 19.8 Å². The SMILES string of the molecule is CCC(C)CCCCCCCCC(=O)O[C@H](COC(=O)CCCCCCCCC(C)C)COP(=O)(O)OC[C@@H](O)CO. The molecule has 0 aliphatic rings. The van der Waals surface area contributed by atoms with Crippen molar-refractivity contribution in [3.63, 3.8) is 0 Å². The summed E-state index contributed by atoms with van der Waals surface area (Å²) in [7, 11) is -4.59. The Morgan fingerprint density at radius 3 is 1.76 bits per heavy atom. The zero-order valence-electron chi connectivity index (χ0n) is 26.8. The zero-order chi connectivity index (χ0) is 31.6. The lowest BCUT2D eigenvalue weighted by molar-refractivity contribution is -0.161. The van der Waals surface area contributed by atoms with E-state index in [9.17, 15) is 24.2 Å². The van der Waals surface area contributed by atoms with E-state index in [1.807, 2.05) is 0 Å². The van der Waals surface area contributed by atoms with E-state index in [2.05, 4.69) is 32.2 Å². The molecule has 3 N–H and O–H groups in total. The molecule has 0 saturated carbocycles. The van der Waals surface area contributed by atoms with Crippen LogP contribution in [0.25, 0.3) is 0 Å². The van der Waals surface area contributed by atoms with Crippen LogP contribution in [0.4, 0.5) is 0 Å². The van der Waals surface area contributed by atoms with Crippen molar-refractivity contribution in [2.45, 2.75) is 149 Å². The lowest BCUT2D eigenvalue weighted by Crippen LogP contribution is -2.29. The Morgan fingerprint density at radius 2 is 1.21 bits per heavy atom. The average Bonchev–Trinajstić information content (AvgIpc) is 2.95. The number of hydrogen-bond acceptors (Lipinski definition) is 9. The second kappa shape index (κ2) is 26.4. The third kappa shape index (κ3) is 26.6. The van der Waals surface area contributed by atoms with Gasteiger partial charge < -0.3 is 24.6 Å². The molecular weight excluding hydrogens is 563 g/mol. The Labute approximate surface area is 254 Å². The van der Waals surface area contributed by atoms with Gasteiger partial charge in [0.25, 0.3) is 0 Å². The molecule has 0 aromatic rings. The normalized spacial score (nSPS) is 15.2. The van der Waals surface area contributed by atoms with Crippen LogP contribution in [0.15, 0.2) is 0 Å². The summed E-state index contributed by atoms with van der Waals surface area (Å²) in [5.74, 6) is 0.559. The van der Waals surface area contributed by atoms with Gasteiger partial charge in [-0.05, 0) is 24.7 Å². The Balaban J connectivity index is 4.50.